The fourth-order valence-electron chi connectivity index (χ4n) is 2.63. The third kappa shape index (κ3) is 2.47. The van der Waals surface area contributed by atoms with Gasteiger partial charge in [-0.15, -0.1) is 0 Å². The third-order valence-corrected chi connectivity index (χ3v) is 3.57. The molecule has 1 unspecified atom stereocenters. The second-order valence-electron chi connectivity index (χ2n) is 4.99. The molecular formula is C13H20N4O. The standard InChI is InChI=1S/C13H20N4O/c1-9-16-12-4-5-14-8-11(12)13(17-9)15-7-10-3-2-6-18-10/h10,14H,2-8H2,1H3,(H,15,16,17). The molecule has 2 N–H and O–H groups in total. The molecule has 5 nitrogen and oxygen atoms in total. The maximum absolute atomic E-state index is 5.63. The Kier molecular flexibility index (Phi) is 3.43. The number of hydrogen-bond acceptors (Lipinski definition) is 5. The van der Waals surface area contributed by atoms with E-state index in [1.165, 1.54) is 17.7 Å². The van der Waals surface area contributed by atoms with Crippen LogP contribution in [-0.2, 0) is 17.7 Å². The van der Waals surface area contributed by atoms with Crippen LogP contribution >= 0.6 is 0 Å². The molecule has 3 rings (SSSR count). The summed E-state index contributed by atoms with van der Waals surface area (Å²) in [6, 6.07) is 0. The fraction of sp³-hybridized carbons (Fsp3) is 0.692. The van der Waals surface area contributed by atoms with E-state index in [2.05, 4.69) is 20.6 Å². The van der Waals surface area contributed by atoms with Crippen molar-refractivity contribution in [2.45, 2.75) is 38.8 Å². The van der Waals surface area contributed by atoms with E-state index in [0.717, 1.165) is 50.7 Å². The number of nitrogens with zero attached hydrogens (tertiary/aromatic N) is 2. The Morgan fingerprint density at radius 1 is 1.44 bits per heavy atom. The van der Waals surface area contributed by atoms with Crippen LogP contribution in [0.1, 0.15) is 29.9 Å². The summed E-state index contributed by atoms with van der Waals surface area (Å²) in [5, 5.41) is 6.82. The normalized spacial score (nSPS) is 22.8. The van der Waals surface area contributed by atoms with Crippen LogP contribution in [0.15, 0.2) is 0 Å². The third-order valence-electron chi connectivity index (χ3n) is 3.57. The molecule has 0 aromatic carbocycles. The summed E-state index contributed by atoms with van der Waals surface area (Å²) in [6.07, 6.45) is 3.66. The van der Waals surface area contributed by atoms with Gasteiger partial charge in [0.05, 0.1) is 11.8 Å². The van der Waals surface area contributed by atoms with E-state index in [4.69, 9.17) is 4.74 Å². The van der Waals surface area contributed by atoms with Gasteiger partial charge in [0, 0.05) is 38.2 Å². The SMILES string of the molecule is Cc1nc2c(c(NCC3CCCO3)n1)CNCC2. The first-order chi connectivity index (χ1) is 8.83. The molecule has 0 bridgehead atoms. The monoisotopic (exact) mass is 248 g/mol. The highest BCUT2D eigenvalue weighted by Crippen LogP contribution is 2.21. The van der Waals surface area contributed by atoms with Crippen molar-refractivity contribution in [3.8, 4) is 0 Å². The number of anilines is 1. The second-order valence-corrected chi connectivity index (χ2v) is 4.99. The zero-order chi connectivity index (χ0) is 12.4. The van der Waals surface area contributed by atoms with E-state index in [0.29, 0.717) is 6.10 Å². The number of aromatic nitrogens is 2. The Morgan fingerprint density at radius 3 is 3.22 bits per heavy atom. The molecule has 2 aliphatic rings. The molecule has 1 atom stereocenters. The van der Waals surface area contributed by atoms with Gasteiger partial charge in [0.2, 0.25) is 0 Å². The van der Waals surface area contributed by atoms with E-state index >= 15 is 0 Å². The van der Waals surface area contributed by atoms with Crippen molar-refractivity contribution in [3.05, 3.63) is 17.1 Å². The van der Waals surface area contributed by atoms with E-state index in [1.807, 2.05) is 6.92 Å². The average molecular weight is 248 g/mol. The average Bonchev–Trinajstić information content (AvgIpc) is 2.89. The maximum Gasteiger partial charge on any atom is 0.134 e. The Labute approximate surface area is 107 Å². The van der Waals surface area contributed by atoms with Crippen LogP contribution < -0.4 is 10.6 Å². The summed E-state index contributed by atoms with van der Waals surface area (Å²) in [5.41, 5.74) is 2.42. The lowest BCUT2D eigenvalue weighted by Crippen LogP contribution is -2.28. The first kappa shape index (κ1) is 11.9. The van der Waals surface area contributed by atoms with Gasteiger partial charge >= 0.3 is 0 Å². The van der Waals surface area contributed by atoms with Crippen LogP contribution in [0.4, 0.5) is 5.82 Å². The van der Waals surface area contributed by atoms with Gasteiger partial charge in [0.15, 0.2) is 0 Å². The highest BCUT2D eigenvalue weighted by atomic mass is 16.5. The smallest absolute Gasteiger partial charge is 0.134 e. The first-order valence-electron chi connectivity index (χ1n) is 6.75. The molecule has 3 heterocycles. The quantitative estimate of drug-likeness (QED) is 0.836. The van der Waals surface area contributed by atoms with Crippen molar-refractivity contribution in [3.63, 3.8) is 0 Å². The van der Waals surface area contributed by atoms with Crippen molar-refractivity contribution in [1.29, 1.82) is 0 Å². The molecule has 5 heteroatoms. The molecule has 1 aromatic rings. The van der Waals surface area contributed by atoms with Crippen LogP contribution in [0, 0.1) is 6.92 Å². The largest absolute Gasteiger partial charge is 0.376 e. The Bertz CT molecular complexity index is 429. The van der Waals surface area contributed by atoms with E-state index in [9.17, 15) is 0 Å². The Balaban J connectivity index is 1.75. The first-order valence-corrected chi connectivity index (χ1v) is 6.75. The Morgan fingerprint density at radius 2 is 2.39 bits per heavy atom. The summed E-state index contributed by atoms with van der Waals surface area (Å²) >= 11 is 0. The molecule has 98 valence electrons. The molecule has 1 aromatic heterocycles. The highest BCUT2D eigenvalue weighted by Gasteiger charge is 2.19. The van der Waals surface area contributed by atoms with Gasteiger partial charge in [-0.2, -0.15) is 0 Å². The van der Waals surface area contributed by atoms with Crippen molar-refractivity contribution in [2.75, 3.05) is 25.0 Å². The van der Waals surface area contributed by atoms with Crippen LogP contribution in [0.2, 0.25) is 0 Å². The lowest BCUT2D eigenvalue weighted by molar-refractivity contribution is 0.120. The molecule has 18 heavy (non-hydrogen) atoms. The molecule has 0 aliphatic carbocycles. The lowest BCUT2D eigenvalue weighted by atomic mass is 10.1. The molecular weight excluding hydrogens is 228 g/mol. The summed E-state index contributed by atoms with van der Waals surface area (Å²) in [7, 11) is 0. The molecule has 0 spiro atoms. The number of hydrogen-bond donors (Lipinski definition) is 2. The lowest BCUT2D eigenvalue weighted by Gasteiger charge is -2.21. The van der Waals surface area contributed by atoms with Crippen molar-refractivity contribution in [2.24, 2.45) is 0 Å². The highest BCUT2D eigenvalue weighted by molar-refractivity contribution is 5.47. The fourth-order valence-corrected chi connectivity index (χ4v) is 2.63. The van der Waals surface area contributed by atoms with E-state index in [1.54, 1.807) is 0 Å². The summed E-state index contributed by atoms with van der Waals surface area (Å²) < 4.78 is 5.63. The zero-order valence-electron chi connectivity index (χ0n) is 10.8. The molecule has 1 fully saturated rings. The van der Waals surface area contributed by atoms with Crippen molar-refractivity contribution >= 4 is 5.82 Å². The van der Waals surface area contributed by atoms with Crippen LogP contribution in [-0.4, -0.2) is 35.8 Å². The van der Waals surface area contributed by atoms with Crippen LogP contribution in [0.5, 0.6) is 0 Å². The molecule has 1 saturated heterocycles. The summed E-state index contributed by atoms with van der Waals surface area (Å²) in [5.74, 6) is 1.84. The number of ether oxygens (including phenoxy) is 1. The van der Waals surface area contributed by atoms with Gasteiger partial charge in [-0.25, -0.2) is 9.97 Å². The van der Waals surface area contributed by atoms with Gasteiger partial charge in [-0.05, 0) is 19.8 Å². The van der Waals surface area contributed by atoms with Gasteiger partial charge in [0.25, 0.3) is 0 Å². The molecule has 0 amide bonds. The predicted molar refractivity (Wildman–Crippen MR) is 69.6 cm³/mol. The molecule has 0 saturated carbocycles. The van der Waals surface area contributed by atoms with Crippen LogP contribution in [0.3, 0.4) is 0 Å². The Hall–Kier alpha value is -1.20. The summed E-state index contributed by atoms with van der Waals surface area (Å²) in [6.45, 7) is 5.58. The van der Waals surface area contributed by atoms with Crippen LogP contribution in [0.25, 0.3) is 0 Å². The van der Waals surface area contributed by atoms with E-state index < -0.39 is 0 Å². The summed E-state index contributed by atoms with van der Waals surface area (Å²) in [4.78, 5) is 9.06. The zero-order valence-corrected chi connectivity index (χ0v) is 10.8. The predicted octanol–water partition coefficient (Wildman–Crippen LogP) is 1.02. The van der Waals surface area contributed by atoms with Gasteiger partial charge in [-0.3, -0.25) is 0 Å². The molecule has 0 radical (unpaired) electrons. The number of aryl methyl sites for hydroxylation is 1. The van der Waals surface area contributed by atoms with Gasteiger partial charge in [-0.1, -0.05) is 0 Å². The molecule has 2 aliphatic heterocycles. The van der Waals surface area contributed by atoms with Crippen molar-refractivity contribution in [1.82, 2.24) is 15.3 Å². The van der Waals surface area contributed by atoms with E-state index in [-0.39, 0.29) is 0 Å². The van der Waals surface area contributed by atoms with Crippen molar-refractivity contribution < 1.29 is 4.74 Å². The topological polar surface area (TPSA) is 59.1 Å². The second kappa shape index (κ2) is 5.20. The number of rotatable bonds is 3. The minimum absolute atomic E-state index is 0.340. The maximum atomic E-state index is 5.63. The minimum atomic E-state index is 0.340. The van der Waals surface area contributed by atoms with Gasteiger partial charge in [0.1, 0.15) is 11.6 Å². The number of fused-ring (bicyclic) bond motifs is 1. The van der Waals surface area contributed by atoms with Gasteiger partial charge < -0.3 is 15.4 Å². The minimum Gasteiger partial charge on any atom is -0.376 e. The number of nitrogens with one attached hydrogen (secondary N) is 2.